The molecule has 1 N–H and O–H groups in total. The predicted molar refractivity (Wildman–Crippen MR) is 166 cm³/mol. The third-order valence-corrected chi connectivity index (χ3v) is 7.91. The number of rotatable bonds is 7. The summed E-state index contributed by atoms with van der Waals surface area (Å²) in [6, 6.07) is 31.3. The van der Waals surface area contributed by atoms with Crippen LogP contribution in [-0.4, -0.2) is 20.3 Å². The van der Waals surface area contributed by atoms with E-state index in [1.807, 2.05) is 60.8 Å². The van der Waals surface area contributed by atoms with Gasteiger partial charge in [-0.1, -0.05) is 60.1 Å². The molecule has 1 amide bonds. The minimum absolute atomic E-state index is 0.0973. The summed E-state index contributed by atoms with van der Waals surface area (Å²) in [6.07, 6.45) is 5.08. The minimum atomic E-state index is -0.616. The van der Waals surface area contributed by atoms with Gasteiger partial charge in [0.15, 0.2) is 5.57 Å². The molecule has 0 aliphatic rings. The molecule has 0 atom stereocenters. The van der Waals surface area contributed by atoms with E-state index in [2.05, 4.69) is 5.32 Å². The normalized spacial score (nSPS) is 12.1. The second-order valence-electron chi connectivity index (χ2n) is 9.36. The standard InChI is InChI=1S/C33H22ClN5O3S/c34-24-15-13-22(14-16-24)30-23(21-38(37-30)25-8-3-1-4-9-25)18-29-32(41)39(26-10-5-2-6-11-26)33(43-29)28(19-35)31(40)36-20-27-12-7-17-42-27/h1-18,21H,20H2,(H,36,40)/b29-18+,33-28-. The molecule has 0 unspecified atom stereocenters. The van der Waals surface area contributed by atoms with E-state index >= 15 is 0 Å². The number of furan rings is 1. The van der Waals surface area contributed by atoms with Crippen molar-refractivity contribution in [3.63, 3.8) is 0 Å². The number of nitriles is 1. The van der Waals surface area contributed by atoms with E-state index in [1.165, 1.54) is 10.8 Å². The van der Waals surface area contributed by atoms with E-state index in [0.29, 0.717) is 32.3 Å². The van der Waals surface area contributed by atoms with Gasteiger partial charge >= 0.3 is 0 Å². The molecule has 0 saturated carbocycles. The Bertz CT molecular complexity index is 2120. The first-order valence-corrected chi connectivity index (χ1v) is 14.4. The zero-order valence-electron chi connectivity index (χ0n) is 22.5. The number of carbonyl (C=O) groups is 1. The maximum absolute atomic E-state index is 14.0. The van der Waals surface area contributed by atoms with Crippen molar-refractivity contribution in [2.45, 2.75) is 6.54 Å². The average Bonchev–Trinajstić information content (AvgIpc) is 3.78. The van der Waals surface area contributed by atoms with Gasteiger partial charge in [-0.2, -0.15) is 10.4 Å². The fourth-order valence-corrected chi connectivity index (χ4v) is 5.72. The topological polar surface area (TPSA) is 106 Å². The van der Waals surface area contributed by atoms with Crippen molar-refractivity contribution in [2.75, 3.05) is 0 Å². The molecular formula is C33H22ClN5O3S. The largest absolute Gasteiger partial charge is 0.467 e. The van der Waals surface area contributed by atoms with Crippen LogP contribution < -0.4 is 20.1 Å². The zero-order valence-corrected chi connectivity index (χ0v) is 24.0. The highest BCUT2D eigenvalue weighted by atomic mass is 35.5. The van der Waals surface area contributed by atoms with Gasteiger partial charge in [-0.25, -0.2) is 4.68 Å². The second kappa shape index (κ2) is 12.2. The van der Waals surface area contributed by atoms with Crippen LogP contribution in [0.25, 0.3) is 34.3 Å². The fourth-order valence-electron chi connectivity index (χ4n) is 4.51. The first kappa shape index (κ1) is 27.7. The molecule has 3 aromatic heterocycles. The molecular weight excluding hydrogens is 582 g/mol. The van der Waals surface area contributed by atoms with Crippen LogP contribution in [0.2, 0.25) is 5.02 Å². The molecule has 0 aliphatic heterocycles. The molecule has 6 rings (SSSR count). The summed E-state index contributed by atoms with van der Waals surface area (Å²) in [7, 11) is 0. The Morgan fingerprint density at radius 3 is 2.33 bits per heavy atom. The third kappa shape index (κ3) is 5.83. The summed E-state index contributed by atoms with van der Waals surface area (Å²) >= 11 is 7.21. The number of nitrogens with zero attached hydrogens (tertiary/aromatic N) is 4. The quantitative estimate of drug-likeness (QED) is 0.282. The van der Waals surface area contributed by atoms with Crippen molar-refractivity contribution in [2.24, 2.45) is 0 Å². The van der Waals surface area contributed by atoms with Crippen molar-refractivity contribution >= 4 is 40.5 Å². The van der Waals surface area contributed by atoms with Gasteiger partial charge in [0.1, 0.15) is 22.2 Å². The summed E-state index contributed by atoms with van der Waals surface area (Å²) in [5, 5.41) is 18.2. The fraction of sp³-hybridized carbons (Fsp3) is 0.0303. The van der Waals surface area contributed by atoms with E-state index in [1.54, 1.807) is 59.3 Å². The lowest BCUT2D eigenvalue weighted by Gasteiger charge is -2.04. The Morgan fingerprint density at radius 2 is 1.67 bits per heavy atom. The molecule has 43 heavy (non-hydrogen) atoms. The predicted octanol–water partition coefficient (Wildman–Crippen LogP) is 4.82. The second-order valence-corrected chi connectivity index (χ2v) is 10.8. The van der Waals surface area contributed by atoms with Crippen LogP contribution in [0.1, 0.15) is 11.3 Å². The van der Waals surface area contributed by atoms with E-state index < -0.39 is 5.91 Å². The molecule has 0 radical (unpaired) electrons. The van der Waals surface area contributed by atoms with Crippen LogP contribution in [-0.2, 0) is 11.3 Å². The van der Waals surface area contributed by atoms with Crippen LogP contribution in [0.4, 0.5) is 0 Å². The minimum Gasteiger partial charge on any atom is -0.467 e. The van der Waals surface area contributed by atoms with Gasteiger partial charge in [-0.05, 0) is 54.6 Å². The number of hydrogen-bond donors (Lipinski definition) is 1. The molecule has 10 heteroatoms. The van der Waals surface area contributed by atoms with Crippen molar-refractivity contribution in [1.29, 1.82) is 5.26 Å². The lowest BCUT2D eigenvalue weighted by atomic mass is 10.1. The number of thiazole rings is 1. The Morgan fingerprint density at radius 1 is 0.977 bits per heavy atom. The summed E-state index contributed by atoms with van der Waals surface area (Å²) in [5.41, 5.74) is 2.95. The lowest BCUT2D eigenvalue weighted by Crippen LogP contribution is -2.33. The van der Waals surface area contributed by atoms with Gasteiger partial charge in [0.05, 0.1) is 28.7 Å². The Labute approximate surface area is 254 Å². The number of hydrogen-bond acceptors (Lipinski definition) is 6. The molecule has 8 nitrogen and oxygen atoms in total. The summed E-state index contributed by atoms with van der Waals surface area (Å²) in [6.45, 7) is 0.0973. The highest BCUT2D eigenvalue weighted by molar-refractivity contribution is 7.07. The number of carbonyl (C=O) groups excluding carboxylic acids is 1. The highest BCUT2D eigenvalue weighted by Gasteiger charge is 2.18. The van der Waals surface area contributed by atoms with Crippen LogP contribution in [0.3, 0.4) is 0 Å². The lowest BCUT2D eigenvalue weighted by molar-refractivity contribution is -0.115. The summed E-state index contributed by atoms with van der Waals surface area (Å²) in [5.74, 6) is -0.0772. The van der Waals surface area contributed by atoms with Crippen LogP contribution in [0.5, 0.6) is 0 Å². The Hall–Kier alpha value is -5.43. The van der Waals surface area contributed by atoms with Crippen LogP contribution in [0.15, 0.2) is 119 Å². The number of aromatic nitrogens is 3. The molecule has 0 bridgehead atoms. The van der Waals surface area contributed by atoms with Gasteiger partial charge in [0, 0.05) is 22.3 Å². The molecule has 6 aromatic rings. The van der Waals surface area contributed by atoms with Gasteiger partial charge in [-0.3, -0.25) is 14.2 Å². The van der Waals surface area contributed by atoms with E-state index in [4.69, 9.17) is 21.1 Å². The first-order chi connectivity index (χ1) is 21.0. The highest BCUT2D eigenvalue weighted by Crippen LogP contribution is 2.26. The number of para-hydroxylation sites is 2. The van der Waals surface area contributed by atoms with Crippen molar-refractivity contribution < 1.29 is 9.21 Å². The van der Waals surface area contributed by atoms with Crippen LogP contribution in [0, 0.1) is 11.3 Å². The van der Waals surface area contributed by atoms with Crippen molar-refractivity contribution in [1.82, 2.24) is 19.7 Å². The maximum atomic E-state index is 14.0. The Kier molecular flexibility index (Phi) is 7.87. The SMILES string of the molecule is N#C/C(C(=O)NCc1ccco1)=c1/s/c(=C/c2cn(-c3ccccc3)nc2-c2ccc(Cl)cc2)c(=O)n1-c1ccccc1. The smallest absolute Gasteiger partial charge is 0.273 e. The molecule has 0 aliphatic carbocycles. The number of amides is 1. The Balaban J connectivity index is 1.56. The number of benzene rings is 3. The zero-order chi connectivity index (χ0) is 29.8. The number of nitrogens with one attached hydrogen (secondary N) is 1. The molecule has 210 valence electrons. The number of halogens is 1. The van der Waals surface area contributed by atoms with E-state index in [9.17, 15) is 14.9 Å². The van der Waals surface area contributed by atoms with Gasteiger partial charge in [0.2, 0.25) is 0 Å². The molecule has 0 fully saturated rings. The molecule has 3 aromatic carbocycles. The first-order valence-electron chi connectivity index (χ1n) is 13.2. The molecule has 3 heterocycles. The van der Waals surface area contributed by atoms with Crippen molar-refractivity contribution in [3.8, 4) is 28.7 Å². The molecule has 0 spiro atoms. The third-order valence-electron chi connectivity index (χ3n) is 6.56. The van der Waals surface area contributed by atoms with Gasteiger partial charge < -0.3 is 9.73 Å². The van der Waals surface area contributed by atoms with Gasteiger partial charge in [-0.15, -0.1) is 11.3 Å². The van der Waals surface area contributed by atoms with Crippen molar-refractivity contribution in [3.05, 3.63) is 145 Å². The van der Waals surface area contributed by atoms with Gasteiger partial charge in [0.25, 0.3) is 11.5 Å². The monoisotopic (exact) mass is 603 g/mol. The summed E-state index contributed by atoms with van der Waals surface area (Å²) in [4.78, 5) is 27.2. The molecule has 0 saturated heterocycles. The van der Waals surface area contributed by atoms with Crippen LogP contribution >= 0.6 is 22.9 Å². The van der Waals surface area contributed by atoms with E-state index in [-0.39, 0.29) is 22.3 Å². The summed E-state index contributed by atoms with van der Waals surface area (Å²) < 4.78 is 8.97. The van der Waals surface area contributed by atoms with E-state index in [0.717, 1.165) is 22.6 Å². The average molecular weight is 604 g/mol. The maximum Gasteiger partial charge on any atom is 0.273 e.